The predicted octanol–water partition coefficient (Wildman–Crippen LogP) is 4.33. The second-order valence-corrected chi connectivity index (χ2v) is 5.45. The van der Waals surface area contributed by atoms with Gasteiger partial charge in [-0.05, 0) is 60.3 Å². The Bertz CT molecular complexity index is 246. The Hall–Kier alpha value is -0.740. The number of rotatable bonds is 6. The predicted molar refractivity (Wildman–Crippen MR) is 71.4 cm³/mol. The highest BCUT2D eigenvalue weighted by Gasteiger charge is 2.16. The smallest absolute Gasteiger partial charge is 0.118 e. The van der Waals surface area contributed by atoms with Gasteiger partial charge in [0.25, 0.3) is 0 Å². The molecule has 1 heteroatoms. The monoisotopic (exact) mass is 222 g/mol. The van der Waals surface area contributed by atoms with Crippen molar-refractivity contribution >= 4 is 0 Å². The van der Waals surface area contributed by atoms with Crippen LogP contribution < -0.4 is 0 Å². The Morgan fingerprint density at radius 1 is 1.31 bits per heavy atom. The highest BCUT2D eigenvalue weighted by atomic mass is 16.5. The van der Waals surface area contributed by atoms with Gasteiger partial charge in [-0.1, -0.05) is 17.6 Å². The Morgan fingerprint density at radius 2 is 1.94 bits per heavy atom. The van der Waals surface area contributed by atoms with Crippen molar-refractivity contribution in [1.82, 2.24) is 0 Å². The second kappa shape index (κ2) is 7.52. The zero-order chi connectivity index (χ0) is 12.6. The Labute approximate surface area is 101 Å². The molecule has 1 nitrogen and oxygen atoms in total. The van der Waals surface area contributed by atoms with Gasteiger partial charge in [0.2, 0.25) is 0 Å². The lowest BCUT2D eigenvalue weighted by Gasteiger charge is -2.24. The summed E-state index contributed by atoms with van der Waals surface area (Å²) in [6, 6.07) is 0. The number of unbranched alkanes of at least 4 members (excludes halogenated alkanes) is 2. The average Bonchev–Trinajstić information content (AvgIpc) is 2.13. The first-order valence-corrected chi connectivity index (χ1v) is 6.12. The van der Waals surface area contributed by atoms with Gasteiger partial charge in [-0.3, -0.25) is 0 Å². The maximum Gasteiger partial charge on any atom is 0.118 e. The molecule has 92 valence electrons. The van der Waals surface area contributed by atoms with Crippen LogP contribution in [0.2, 0.25) is 0 Å². The van der Waals surface area contributed by atoms with Crippen molar-refractivity contribution in [3.8, 4) is 12.3 Å². The summed E-state index contributed by atoms with van der Waals surface area (Å²) in [4.78, 5) is 0. The Morgan fingerprint density at radius 3 is 2.38 bits per heavy atom. The summed E-state index contributed by atoms with van der Waals surface area (Å²) in [5.74, 6) is 2.72. The van der Waals surface area contributed by atoms with E-state index in [0.717, 1.165) is 19.3 Å². The second-order valence-electron chi connectivity index (χ2n) is 5.45. The molecule has 0 aliphatic rings. The van der Waals surface area contributed by atoms with E-state index >= 15 is 0 Å². The van der Waals surface area contributed by atoms with Gasteiger partial charge in [0.1, 0.15) is 6.10 Å². The van der Waals surface area contributed by atoms with Gasteiger partial charge in [-0.25, -0.2) is 0 Å². The van der Waals surface area contributed by atoms with Crippen LogP contribution in [0.25, 0.3) is 0 Å². The van der Waals surface area contributed by atoms with Crippen molar-refractivity contribution < 1.29 is 4.74 Å². The topological polar surface area (TPSA) is 9.23 Å². The maximum atomic E-state index is 5.76. The van der Waals surface area contributed by atoms with Gasteiger partial charge in [0.05, 0.1) is 5.60 Å². The molecule has 0 aliphatic carbocycles. The van der Waals surface area contributed by atoms with Gasteiger partial charge in [0, 0.05) is 0 Å². The summed E-state index contributed by atoms with van der Waals surface area (Å²) >= 11 is 0. The van der Waals surface area contributed by atoms with Crippen molar-refractivity contribution in [2.45, 2.75) is 72.0 Å². The standard InChI is InChI=1S/C15H26O/c1-7-14(16-15(4,5)6)12-10-8-9-11-13(2)3/h1,11,14H,8-10,12H2,2-6H3. The average molecular weight is 222 g/mol. The number of terminal acetylenes is 1. The molecular weight excluding hydrogens is 196 g/mol. The molecule has 0 N–H and O–H groups in total. The lowest BCUT2D eigenvalue weighted by Crippen LogP contribution is -2.26. The van der Waals surface area contributed by atoms with Crippen molar-refractivity contribution in [3.63, 3.8) is 0 Å². The fourth-order valence-electron chi connectivity index (χ4n) is 1.47. The van der Waals surface area contributed by atoms with E-state index in [9.17, 15) is 0 Å². The van der Waals surface area contributed by atoms with Crippen molar-refractivity contribution in [2.75, 3.05) is 0 Å². The maximum absolute atomic E-state index is 5.76. The first kappa shape index (κ1) is 15.3. The van der Waals surface area contributed by atoms with Crippen LogP contribution in [0.15, 0.2) is 11.6 Å². The lowest BCUT2D eigenvalue weighted by atomic mass is 10.1. The van der Waals surface area contributed by atoms with Crippen LogP contribution in [0.4, 0.5) is 0 Å². The minimum atomic E-state index is -0.142. The summed E-state index contributed by atoms with van der Waals surface area (Å²) in [6.45, 7) is 10.4. The van der Waals surface area contributed by atoms with Gasteiger partial charge in [-0.2, -0.15) is 0 Å². The van der Waals surface area contributed by atoms with E-state index in [0.29, 0.717) is 0 Å². The van der Waals surface area contributed by atoms with Gasteiger partial charge >= 0.3 is 0 Å². The summed E-state index contributed by atoms with van der Waals surface area (Å²) < 4.78 is 5.76. The Kier molecular flexibility index (Phi) is 7.17. The van der Waals surface area contributed by atoms with E-state index in [1.807, 2.05) is 20.8 Å². The summed E-state index contributed by atoms with van der Waals surface area (Å²) in [5.41, 5.74) is 1.25. The normalized spacial score (nSPS) is 13.0. The molecule has 0 spiro atoms. The summed E-state index contributed by atoms with van der Waals surface area (Å²) in [6.07, 6.45) is 12.1. The molecule has 0 rings (SSSR count). The molecular formula is C15H26O. The number of allylic oxidation sites excluding steroid dienone is 2. The largest absolute Gasteiger partial charge is 0.360 e. The third kappa shape index (κ3) is 9.80. The molecule has 1 atom stereocenters. The van der Waals surface area contributed by atoms with Gasteiger partial charge < -0.3 is 4.74 Å². The molecule has 0 aromatic carbocycles. The number of ether oxygens (including phenoxy) is 1. The van der Waals surface area contributed by atoms with E-state index in [1.165, 1.54) is 12.0 Å². The first-order valence-electron chi connectivity index (χ1n) is 6.12. The molecule has 0 bridgehead atoms. The van der Waals surface area contributed by atoms with Crippen LogP contribution in [-0.4, -0.2) is 11.7 Å². The molecule has 0 saturated heterocycles. The van der Waals surface area contributed by atoms with Crippen molar-refractivity contribution in [2.24, 2.45) is 0 Å². The van der Waals surface area contributed by atoms with E-state index < -0.39 is 0 Å². The highest BCUT2D eigenvalue weighted by molar-refractivity contribution is 4.96. The molecule has 0 radical (unpaired) electrons. The molecule has 0 fully saturated rings. The zero-order valence-electron chi connectivity index (χ0n) is 11.5. The van der Waals surface area contributed by atoms with Crippen molar-refractivity contribution in [3.05, 3.63) is 11.6 Å². The van der Waals surface area contributed by atoms with E-state index in [1.54, 1.807) is 0 Å². The Balaban J connectivity index is 3.74. The SMILES string of the molecule is C#CC(CCCCC=C(C)C)OC(C)(C)C. The lowest BCUT2D eigenvalue weighted by molar-refractivity contribution is -0.0372. The highest BCUT2D eigenvalue weighted by Crippen LogP contribution is 2.15. The van der Waals surface area contributed by atoms with Crippen LogP contribution in [-0.2, 0) is 4.74 Å². The van der Waals surface area contributed by atoms with Crippen LogP contribution in [0.3, 0.4) is 0 Å². The number of hydrogen-bond donors (Lipinski definition) is 0. The van der Waals surface area contributed by atoms with E-state index in [2.05, 4.69) is 25.8 Å². The third-order valence-corrected chi connectivity index (χ3v) is 2.15. The zero-order valence-corrected chi connectivity index (χ0v) is 11.5. The quantitative estimate of drug-likeness (QED) is 0.369. The van der Waals surface area contributed by atoms with Crippen LogP contribution in [0, 0.1) is 12.3 Å². The molecule has 0 aromatic rings. The number of hydrogen-bond acceptors (Lipinski definition) is 1. The molecule has 0 saturated carbocycles. The van der Waals surface area contributed by atoms with Gasteiger partial charge in [-0.15, -0.1) is 6.42 Å². The molecule has 0 amide bonds. The van der Waals surface area contributed by atoms with Crippen LogP contribution in [0.5, 0.6) is 0 Å². The third-order valence-electron chi connectivity index (χ3n) is 2.15. The molecule has 0 aromatic heterocycles. The van der Waals surface area contributed by atoms with Crippen LogP contribution >= 0.6 is 0 Å². The van der Waals surface area contributed by atoms with E-state index in [4.69, 9.17) is 11.2 Å². The van der Waals surface area contributed by atoms with Crippen molar-refractivity contribution in [1.29, 1.82) is 0 Å². The first-order chi connectivity index (χ1) is 7.35. The van der Waals surface area contributed by atoms with E-state index in [-0.39, 0.29) is 11.7 Å². The summed E-state index contributed by atoms with van der Waals surface area (Å²) in [5, 5.41) is 0. The summed E-state index contributed by atoms with van der Waals surface area (Å²) in [7, 11) is 0. The minimum absolute atomic E-state index is 0.0355. The molecule has 1 unspecified atom stereocenters. The minimum Gasteiger partial charge on any atom is -0.360 e. The van der Waals surface area contributed by atoms with Gasteiger partial charge in [0.15, 0.2) is 0 Å². The molecule has 0 aliphatic heterocycles. The van der Waals surface area contributed by atoms with Crippen LogP contribution in [0.1, 0.15) is 60.3 Å². The fourth-order valence-corrected chi connectivity index (χ4v) is 1.47. The molecule has 16 heavy (non-hydrogen) atoms. The molecule has 0 heterocycles. The fraction of sp³-hybridized carbons (Fsp3) is 0.733.